The van der Waals surface area contributed by atoms with E-state index in [-0.39, 0.29) is 18.0 Å². The first-order chi connectivity index (χ1) is 10.9. The van der Waals surface area contributed by atoms with Gasteiger partial charge in [0.15, 0.2) is 0 Å². The minimum absolute atomic E-state index is 0.0973. The maximum atomic E-state index is 12.6. The highest BCUT2D eigenvalue weighted by atomic mass is 16.2. The largest absolute Gasteiger partial charge is 0.399 e. The molecule has 0 atom stereocenters. The van der Waals surface area contributed by atoms with Gasteiger partial charge in [0.25, 0.3) is 0 Å². The molecule has 2 heterocycles. The van der Waals surface area contributed by atoms with Gasteiger partial charge in [-0.2, -0.15) is 0 Å². The van der Waals surface area contributed by atoms with Gasteiger partial charge in [0, 0.05) is 30.0 Å². The molecule has 0 saturated heterocycles. The molecule has 0 saturated carbocycles. The molecule has 0 aliphatic rings. The van der Waals surface area contributed by atoms with E-state index < -0.39 is 0 Å². The van der Waals surface area contributed by atoms with Crippen LogP contribution in [-0.4, -0.2) is 25.0 Å². The second kappa shape index (κ2) is 5.42. The van der Waals surface area contributed by atoms with Gasteiger partial charge in [-0.05, 0) is 39.0 Å². The summed E-state index contributed by atoms with van der Waals surface area (Å²) in [7, 11) is 0. The lowest BCUT2D eigenvalue weighted by atomic mass is 10.2. The van der Waals surface area contributed by atoms with Crippen molar-refractivity contribution in [2.75, 3.05) is 5.73 Å². The lowest BCUT2D eigenvalue weighted by Crippen LogP contribution is -2.22. The van der Waals surface area contributed by atoms with Crippen molar-refractivity contribution >= 4 is 22.6 Å². The van der Waals surface area contributed by atoms with Gasteiger partial charge in [0.2, 0.25) is 5.91 Å². The molecule has 0 spiro atoms. The average Bonchev–Trinajstić information content (AvgIpc) is 2.93. The van der Waals surface area contributed by atoms with Gasteiger partial charge < -0.3 is 10.7 Å². The summed E-state index contributed by atoms with van der Waals surface area (Å²) < 4.78 is 3.16. The predicted molar refractivity (Wildman–Crippen MR) is 88.7 cm³/mol. The number of carbonyl (C=O) groups is 1. The van der Waals surface area contributed by atoms with Gasteiger partial charge in [-0.1, -0.05) is 0 Å². The van der Waals surface area contributed by atoms with Crippen LogP contribution < -0.4 is 11.4 Å². The number of nitrogen functional groups attached to an aromatic ring is 1. The number of carbonyl (C=O) groups excluding carboxylic acids is 1. The Bertz CT molecular complexity index is 961. The summed E-state index contributed by atoms with van der Waals surface area (Å²) in [6.45, 7) is 5.82. The maximum Gasteiger partial charge on any atom is 0.325 e. The van der Waals surface area contributed by atoms with Crippen LogP contribution in [-0.2, 0) is 6.54 Å². The Kier molecular flexibility index (Phi) is 3.55. The van der Waals surface area contributed by atoms with E-state index in [0.29, 0.717) is 23.6 Å². The molecule has 3 aromatic rings. The standard InChI is InChI=1S/C16H19N5O2/c1-9-10(2)20(16(23)18-9)7-6-15(22)21-11(3)19-13-8-12(17)4-5-14(13)21/h4-5,8H,6-7,17H2,1-3H3,(H,18,23). The van der Waals surface area contributed by atoms with Gasteiger partial charge >= 0.3 is 5.69 Å². The topological polar surface area (TPSA) is 98.7 Å². The predicted octanol–water partition coefficient (Wildman–Crippen LogP) is 1.76. The Morgan fingerprint density at radius 3 is 2.70 bits per heavy atom. The van der Waals surface area contributed by atoms with Crippen LogP contribution in [0.4, 0.5) is 5.69 Å². The number of aryl methyl sites for hydroxylation is 2. The van der Waals surface area contributed by atoms with E-state index in [2.05, 4.69) is 9.97 Å². The lowest BCUT2D eigenvalue weighted by Gasteiger charge is -2.07. The summed E-state index contributed by atoms with van der Waals surface area (Å²) in [5.41, 5.74) is 9.28. The molecule has 7 nitrogen and oxygen atoms in total. The van der Waals surface area contributed by atoms with Crippen molar-refractivity contribution in [3.63, 3.8) is 0 Å². The fourth-order valence-corrected chi connectivity index (χ4v) is 2.79. The van der Waals surface area contributed by atoms with Crippen LogP contribution >= 0.6 is 0 Å². The zero-order chi connectivity index (χ0) is 16.7. The SMILES string of the molecule is Cc1[nH]c(=O)n(CCC(=O)n2c(C)nc3cc(N)ccc32)c1C. The van der Waals surface area contributed by atoms with Crippen LogP contribution in [0.1, 0.15) is 28.4 Å². The molecule has 120 valence electrons. The van der Waals surface area contributed by atoms with Gasteiger partial charge in [-0.3, -0.25) is 13.9 Å². The number of fused-ring (bicyclic) bond motifs is 1. The molecule has 3 N–H and O–H groups in total. The van der Waals surface area contributed by atoms with Gasteiger partial charge in [0.1, 0.15) is 5.82 Å². The number of benzene rings is 1. The molecule has 0 amide bonds. The highest BCUT2D eigenvalue weighted by Gasteiger charge is 2.15. The Balaban J connectivity index is 1.89. The zero-order valence-electron chi connectivity index (χ0n) is 13.4. The molecule has 0 unspecified atom stereocenters. The zero-order valence-corrected chi connectivity index (χ0v) is 13.4. The molecule has 0 fully saturated rings. The third kappa shape index (κ3) is 2.54. The molecular weight excluding hydrogens is 294 g/mol. The van der Waals surface area contributed by atoms with E-state index >= 15 is 0 Å². The van der Waals surface area contributed by atoms with Crippen molar-refractivity contribution in [1.82, 2.24) is 19.1 Å². The van der Waals surface area contributed by atoms with Crippen LogP contribution in [0.3, 0.4) is 0 Å². The molecule has 2 aromatic heterocycles. The normalized spacial score (nSPS) is 11.3. The van der Waals surface area contributed by atoms with E-state index in [4.69, 9.17) is 5.73 Å². The molecule has 0 radical (unpaired) electrons. The van der Waals surface area contributed by atoms with E-state index in [9.17, 15) is 9.59 Å². The first-order valence-corrected chi connectivity index (χ1v) is 7.42. The number of nitrogens with two attached hydrogens (primary N) is 1. The first kappa shape index (κ1) is 15.1. The lowest BCUT2D eigenvalue weighted by molar-refractivity contribution is 0.0899. The van der Waals surface area contributed by atoms with Crippen molar-refractivity contribution in [1.29, 1.82) is 0 Å². The fourth-order valence-electron chi connectivity index (χ4n) is 2.79. The number of aromatic amines is 1. The van der Waals surface area contributed by atoms with Gasteiger partial charge in [0.05, 0.1) is 11.0 Å². The number of nitrogens with one attached hydrogen (secondary N) is 1. The number of anilines is 1. The number of rotatable bonds is 3. The average molecular weight is 313 g/mol. The fraction of sp³-hybridized carbons (Fsp3) is 0.312. The summed E-state index contributed by atoms with van der Waals surface area (Å²) in [6.07, 6.45) is 0.217. The van der Waals surface area contributed by atoms with Gasteiger partial charge in [-0.15, -0.1) is 0 Å². The highest BCUT2D eigenvalue weighted by Crippen LogP contribution is 2.19. The number of imidazole rings is 2. The van der Waals surface area contributed by atoms with Crippen molar-refractivity contribution in [2.24, 2.45) is 0 Å². The molecule has 0 aliphatic heterocycles. The number of aromatic nitrogens is 4. The summed E-state index contributed by atoms with van der Waals surface area (Å²) in [5, 5.41) is 0. The Morgan fingerprint density at radius 1 is 1.30 bits per heavy atom. The first-order valence-electron chi connectivity index (χ1n) is 7.42. The molecule has 7 heteroatoms. The minimum atomic E-state index is -0.187. The molecule has 1 aromatic carbocycles. The number of hydrogen-bond acceptors (Lipinski definition) is 4. The minimum Gasteiger partial charge on any atom is -0.399 e. The Morgan fingerprint density at radius 2 is 2.04 bits per heavy atom. The van der Waals surface area contributed by atoms with Crippen molar-refractivity contribution in [3.05, 3.63) is 45.9 Å². The van der Waals surface area contributed by atoms with Crippen molar-refractivity contribution in [3.8, 4) is 0 Å². The van der Waals surface area contributed by atoms with Crippen molar-refractivity contribution < 1.29 is 4.79 Å². The molecule has 23 heavy (non-hydrogen) atoms. The molecule has 0 bridgehead atoms. The summed E-state index contributed by atoms with van der Waals surface area (Å²) >= 11 is 0. The summed E-state index contributed by atoms with van der Waals surface area (Å²) in [6, 6.07) is 5.29. The monoisotopic (exact) mass is 313 g/mol. The van der Waals surface area contributed by atoms with E-state index in [1.165, 1.54) is 0 Å². The number of H-pyrrole nitrogens is 1. The highest BCUT2D eigenvalue weighted by molar-refractivity contribution is 5.92. The van der Waals surface area contributed by atoms with Crippen LogP contribution in [0.2, 0.25) is 0 Å². The Hall–Kier alpha value is -2.83. The van der Waals surface area contributed by atoms with Gasteiger partial charge in [-0.25, -0.2) is 9.78 Å². The molecule has 0 aliphatic carbocycles. The molecular formula is C16H19N5O2. The van der Waals surface area contributed by atoms with Crippen LogP contribution in [0, 0.1) is 20.8 Å². The van der Waals surface area contributed by atoms with Crippen LogP contribution in [0.25, 0.3) is 11.0 Å². The molecule has 3 rings (SSSR count). The number of hydrogen-bond donors (Lipinski definition) is 2. The maximum absolute atomic E-state index is 12.6. The van der Waals surface area contributed by atoms with E-state index in [1.54, 1.807) is 34.3 Å². The summed E-state index contributed by atoms with van der Waals surface area (Å²) in [5.74, 6) is 0.518. The van der Waals surface area contributed by atoms with E-state index in [1.807, 2.05) is 13.8 Å². The number of nitrogens with zero attached hydrogens (tertiary/aromatic N) is 3. The van der Waals surface area contributed by atoms with Crippen LogP contribution in [0.15, 0.2) is 23.0 Å². The summed E-state index contributed by atoms with van der Waals surface area (Å²) in [4.78, 5) is 31.6. The third-order valence-corrected chi connectivity index (χ3v) is 4.13. The van der Waals surface area contributed by atoms with Crippen LogP contribution in [0.5, 0.6) is 0 Å². The quantitative estimate of drug-likeness (QED) is 0.720. The third-order valence-electron chi connectivity index (χ3n) is 4.13. The van der Waals surface area contributed by atoms with Crippen molar-refractivity contribution in [2.45, 2.75) is 33.7 Å². The second-order valence-electron chi connectivity index (χ2n) is 5.68. The van der Waals surface area contributed by atoms with E-state index in [0.717, 1.165) is 16.9 Å². The second-order valence-corrected chi connectivity index (χ2v) is 5.68. The Labute approximate surface area is 132 Å². The smallest absolute Gasteiger partial charge is 0.325 e.